The Kier molecular flexibility index (Phi) is 5.59. The fourth-order valence-corrected chi connectivity index (χ4v) is 3.74. The molecular formula is C24H21NO7. The fraction of sp³-hybridized carbons (Fsp3) is 0.167. The van der Waals surface area contributed by atoms with E-state index in [1.165, 1.54) is 37.5 Å². The van der Waals surface area contributed by atoms with Gasteiger partial charge in [0, 0.05) is 5.56 Å². The van der Waals surface area contributed by atoms with Crippen molar-refractivity contribution in [2.75, 3.05) is 14.2 Å². The van der Waals surface area contributed by atoms with Gasteiger partial charge in [-0.05, 0) is 54.1 Å². The summed E-state index contributed by atoms with van der Waals surface area (Å²) in [7, 11) is 2.94. The summed E-state index contributed by atoms with van der Waals surface area (Å²) in [4.78, 5) is 27.3. The molecule has 1 amide bonds. The third-order valence-electron chi connectivity index (χ3n) is 5.33. The number of hydrogen-bond donors (Lipinski definition) is 2. The predicted octanol–water partition coefficient (Wildman–Crippen LogP) is 3.62. The highest BCUT2D eigenvalue weighted by atomic mass is 16.5. The smallest absolute Gasteiger partial charge is 0.296 e. The first-order valence-corrected chi connectivity index (χ1v) is 9.76. The highest BCUT2D eigenvalue weighted by molar-refractivity contribution is 6.46. The van der Waals surface area contributed by atoms with E-state index in [9.17, 15) is 19.8 Å². The molecule has 0 radical (unpaired) electrons. The molecule has 1 unspecified atom stereocenters. The van der Waals surface area contributed by atoms with Gasteiger partial charge in [-0.2, -0.15) is 0 Å². The van der Waals surface area contributed by atoms with Crippen molar-refractivity contribution in [1.29, 1.82) is 0 Å². The van der Waals surface area contributed by atoms with Gasteiger partial charge in [0.15, 0.2) is 11.5 Å². The molecule has 2 heterocycles. The molecule has 8 nitrogen and oxygen atoms in total. The highest BCUT2D eigenvalue weighted by Crippen LogP contribution is 2.42. The molecule has 1 atom stereocenters. The van der Waals surface area contributed by atoms with E-state index in [2.05, 4.69) is 0 Å². The molecule has 8 heteroatoms. The van der Waals surface area contributed by atoms with E-state index in [0.717, 1.165) is 0 Å². The Hall–Kier alpha value is -4.20. The zero-order valence-electron chi connectivity index (χ0n) is 17.4. The van der Waals surface area contributed by atoms with Crippen molar-refractivity contribution >= 4 is 17.4 Å². The van der Waals surface area contributed by atoms with E-state index < -0.39 is 17.7 Å². The summed E-state index contributed by atoms with van der Waals surface area (Å²) in [6.07, 6.45) is 1.47. The van der Waals surface area contributed by atoms with Crippen LogP contribution in [0.25, 0.3) is 5.76 Å². The van der Waals surface area contributed by atoms with Crippen LogP contribution in [-0.2, 0) is 16.1 Å². The van der Waals surface area contributed by atoms with Gasteiger partial charge >= 0.3 is 0 Å². The molecule has 0 spiro atoms. The number of ketones is 1. The van der Waals surface area contributed by atoms with Gasteiger partial charge in [0.05, 0.1) is 38.6 Å². The number of carbonyl (C=O) groups excluding carboxylic acids is 2. The van der Waals surface area contributed by atoms with Crippen molar-refractivity contribution in [3.05, 3.63) is 83.3 Å². The number of methoxy groups -OCH3 is 2. The van der Waals surface area contributed by atoms with E-state index in [0.29, 0.717) is 22.6 Å². The van der Waals surface area contributed by atoms with Gasteiger partial charge in [0.2, 0.25) is 0 Å². The summed E-state index contributed by atoms with van der Waals surface area (Å²) in [5.74, 6) is -0.796. The number of aliphatic hydroxyl groups excluding tert-OH is 1. The zero-order chi connectivity index (χ0) is 22.8. The van der Waals surface area contributed by atoms with Gasteiger partial charge in [-0.3, -0.25) is 9.59 Å². The quantitative estimate of drug-likeness (QED) is 0.346. The molecule has 1 aromatic heterocycles. The summed E-state index contributed by atoms with van der Waals surface area (Å²) in [6, 6.07) is 13.5. The molecule has 1 aliphatic rings. The Morgan fingerprint density at radius 3 is 2.41 bits per heavy atom. The van der Waals surface area contributed by atoms with Crippen LogP contribution in [0.3, 0.4) is 0 Å². The Morgan fingerprint density at radius 2 is 1.81 bits per heavy atom. The van der Waals surface area contributed by atoms with Crippen LogP contribution in [0.5, 0.6) is 17.2 Å². The average Bonchev–Trinajstić information content (AvgIpc) is 3.41. The number of amides is 1. The first kappa shape index (κ1) is 21.0. The number of rotatable bonds is 6. The van der Waals surface area contributed by atoms with Crippen LogP contribution in [-0.4, -0.2) is 41.0 Å². The van der Waals surface area contributed by atoms with E-state index >= 15 is 0 Å². The predicted molar refractivity (Wildman–Crippen MR) is 114 cm³/mol. The second-order valence-corrected chi connectivity index (χ2v) is 7.17. The maximum absolute atomic E-state index is 13.0. The van der Waals surface area contributed by atoms with Gasteiger partial charge in [0.25, 0.3) is 11.7 Å². The first-order chi connectivity index (χ1) is 15.4. The van der Waals surface area contributed by atoms with Crippen molar-refractivity contribution in [1.82, 2.24) is 4.90 Å². The summed E-state index contributed by atoms with van der Waals surface area (Å²) < 4.78 is 15.6. The minimum absolute atomic E-state index is 0.00836. The Balaban J connectivity index is 1.86. The lowest BCUT2D eigenvalue weighted by atomic mass is 9.95. The molecule has 2 N–H and O–H groups in total. The number of phenols is 1. The molecule has 0 aliphatic carbocycles. The van der Waals surface area contributed by atoms with E-state index in [1.54, 1.807) is 42.5 Å². The van der Waals surface area contributed by atoms with E-state index in [-0.39, 0.29) is 29.4 Å². The molecule has 1 fully saturated rings. The normalized spacial score (nSPS) is 17.6. The lowest BCUT2D eigenvalue weighted by molar-refractivity contribution is -0.140. The Morgan fingerprint density at radius 1 is 1.06 bits per heavy atom. The number of likely N-dealkylation sites (tertiary alicyclic amines) is 1. The number of benzene rings is 2. The number of furan rings is 1. The average molecular weight is 435 g/mol. The molecule has 1 aliphatic heterocycles. The topological polar surface area (TPSA) is 109 Å². The van der Waals surface area contributed by atoms with E-state index in [1.807, 2.05) is 0 Å². The van der Waals surface area contributed by atoms with Gasteiger partial charge in [0.1, 0.15) is 17.3 Å². The van der Waals surface area contributed by atoms with Gasteiger partial charge < -0.3 is 29.0 Å². The number of carbonyl (C=O) groups is 2. The minimum atomic E-state index is -0.945. The number of Topliss-reactive ketones (excluding diaryl/α,β-unsaturated/α-hetero) is 1. The van der Waals surface area contributed by atoms with Crippen molar-refractivity contribution in [3.63, 3.8) is 0 Å². The number of aliphatic hydroxyl groups is 1. The summed E-state index contributed by atoms with van der Waals surface area (Å²) in [5.41, 5.74) is 0.699. The number of aromatic hydroxyl groups is 1. The van der Waals surface area contributed by atoms with Crippen LogP contribution in [0, 0.1) is 0 Å². The summed E-state index contributed by atoms with van der Waals surface area (Å²) in [5, 5.41) is 21.3. The van der Waals surface area contributed by atoms with E-state index in [4.69, 9.17) is 13.9 Å². The zero-order valence-corrected chi connectivity index (χ0v) is 17.4. The second-order valence-electron chi connectivity index (χ2n) is 7.17. The largest absolute Gasteiger partial charge is 0.507 e. The second kappa shape index (κ2) is 8.50. The Bertz CT molecular complexity index is 1180. The monoisotopic (exact) mass is 435 g/mol. The number of hydrogen-bond acceptors (Lipinski definition) is 7. The van der Waals surface area contributed by atoms with Crippen molar-refractivity contribution < 1.29 is 33.7 Å². The highest BCUT2D eigenvalue weighted by Gasteiger charge is 2.46. The van der Waals surface area contributed by atoms with Gasteiger partial charge in [-0.15, -0.1) is 0 Å². The van der Waals surface area contributed by atoms with Gasteiger partial charge in [-0.1, -0.05) is 6.07 Å². The molecular weight excluding hydrogens is 414 g/mol. The lowest BCUT2D eigenvalue weighted by Crippen LogP contribution is -2.29. The van der Waals surface area contributed by atoms with Crippen LogP contribution >= 0.6 is 0 Å². The molecule has 0 bridgehead atoms. The van der Waals surface area contributed by atoms with Gasteiger partial charge in [-0.25, -0.2) is 0 Å². The molecule has 3 aromatic rings. The van der Waals surface area contributed by atoms with Crippen molar-refractivity contribution in [2.45, 2.75) is 12.6 Å². The molecule has 1 saturated heterocycles. The van der Waals surface area contributed by atoms with Crippen LogP contribution in [0.2, 0.25) is 0 Å². The molecule has 0 saturated carbocycles. The maximum Gasteiger partial charge on any atom is 0.296 e. The summed E-state index contributed by atoms with van der Waals surface area (Å²) >= 11 is 0. The minimum Gasteiger partial charge on any atom is -0.507 e. The lowest BCUT2D eigenvalue weighted by Gasteiger charge is -2.25. The maximum atomic E-state index is 13.0. The third kappa shape index (κ3) is 3.66. The molecule has 32 heavy (non-hydrogen) atoms. The van der Waals surface area contributed by atoms with Crippen LogP contribution < -0.4 is 9.47 Å². The Labute approximate surface area is 183 Å². The molecule has 164 valence electrons. The van der Waals surface area contributed by atoms with Crippen molar-refractivity contribution in [2.24, 2.45) is 0 Å². The van der Waals surface area contributed by atoms with Crippen molar-refractivity contribution in [3.8, 4) is 17.2 Å². The number of nitrogens with zero attached hydrogens (tertiary/aromatic N) is 1. The fourth-order valence-electron chi connectivity index (χ4n) is 3.74. The van der Waals surface area contributed by atoms with Crippen LogP contribution in [0.15, 0.2) is 70.9 Å². The third-order valence-corrected chi connectivity index (χ3v) is 5.33. The SMILES string of the molecule is COc1ccc(/C(O)=C2/C(=O)C(=O)N(Cc3ccco3)C2c2ccc(OC)c(O)c2)cc1. The molecule has 4 rings (SSSR count). The van der Waals surface area contributed by atoms with Crippen LogP contribution in [0.4, 0.5) is 0 Å². The summed E-state index contributed by atoms with van der Waals surface area (Å²) in [6.45, 7) is 0.00836. The number of ether oxygens (including phenoxy) is 2. The standard InChI is InChI=1S/C24H21NO7/c1-30-16-8-5-14(6-9-16)22(27)20-21(15-7-10-19(31-2)18(26)12-15)25(24(29)23(20)28)13-17-4-3-11-32-17/h3-12,21,26-27H,13H2,1-2H3/b22-20-. The number of phenolic OH excluding ortho intramolecular Hbond substituents is 1. The first-order valence-electron chi connectivity index (χ1n) is 9.76. The van der Waals surface area contributed by atoms with Crippen LogP contribution in [0.1, 0.15) is 22.9 Å². The molecule has 2 aromatic carbocycles.